The van der Waals surface area contributed by atoms with Gasteiger partial charge in [-0.1, -0.05) is 72.9 Å². The highest BCUT2D eigenvalue weighted by atomic mass is 14.3. The normalized spacial score (nSPS) is 27.2. The topological polar surface area (TPSA) is 0 Å². The van der Waals surface area contributed by atoms with Crippen molar-refractivity contribution in [1.82, 2.24) is 0 Å². The van der Waals surface area contributed by atoms with Crippen LogP contribution in [0.15, 0.2) is 72.9 Å². The summed E-state index contributed by atoms with van der Waals surface area (Å²) in [5.41, 5.74) is 1.46. The third kappa shape index (κ3) is 7.81. The fourth-order valence-corrected chi connectivity index (χ4v) is 3.46. The van der Waals surface area contributed by atoms with Crippen LogP contribution < -0.4 is 0 Å². The van der Waals surface area contributed by atoms with Crippen molar-refractivity contribution in [3.8, 4) is 0 Å². The minimum absolute atomic E-state index is 0.764. The van der Waals surface area contributed by atoms with E-state index in [2.05, 4.69) is 67.3 Å². The van der Waals surface area contributed by atoms with Crippen LogP contribution in [0.4, 0.5) is 0 Å². The van der Waals surface area contributed by atoms with Crippen molar-refractivity contribution >= 4 is 0 Å². The van der Waals surface area contributed by atoms with E-state index in [0.29, 0.717) is 0 Å². The highest BCUT2D eigenvalue weighted by Crippen LogP contribution is 2.41. The van der Waals surface area contributed by atoms with Gasteiger partial charge < -0.3 is 0 Å². The maximum atomic E-state index is 3.99. The van der Waals surface area contributed by atoms with Crippen LogP contribution in [0.5, 0.6) is 0 Å². The highest BCUT2D eigenvalue weighted by molar-refractivity contribution is 5.24. The molecule has 4 aliphatic carbocycles. The Kier molecular flexibility index (Phi) is 9.31. The lowest BCUT2D eigenvalue weighted by molar-refractivity contribution is 0.693. The molecule has 0 nitrogen and oxygen atoms in total. The van der Waals surface area contributed by atoms with Crippen molar-refractivity contribution in [3.63, 3.8) is 0 Å². The molecule has 4 rings (SSSR count). The van der Waals surface area contributed by atoms with Crippen molar-refractivity contribution in [2.45, 2.75) is 64.2 Å². The molecule has 0 heteroatoms. The van der Waals surface area contributed by atoms with Gasteiger partial charge in [-0.3, -0.25) is 0 Å². The first-order valence-corrected chi connectivity index (χ1v) is 9.85. The van der Waals surface area contributed by atoms with Gasteiger partial charge in [-0.2, -0.15) is 0 Å². The van der Waals surface area contributed by atoms with Gasteiger partial charge in [0, 0.05) is 0 Å². The number of fused-ring (bicyclic) bond motifs is 2. The SMILES string of the molecule is C1=CCCCCC=C1.C1=CCCCCC=C1.C=C1CC2C=CC1C2. The van der Waals surface area contributed by atoms with Crippen LogP contribution in [0.2, 0.25) is 0 Å². The fraction of sp³-hybridized carbons (Fsp3) is 0.500. The molecule has 0 heterocycles. The Morgan fingerprint density at radius 1 is 0.667 bits per heavy atom. The average Bonchev–Trinajstić information content (AvgIpc) is 3.09. The Morgan fingerprint density at radius 2 is 1.12 bits per heavy atom. The van der Waals surface area contributed by atoms with Crippen molar-refractivity contribution in [2.75, 3.05) is 0 Å². The summed E-state index contributed by atoms with van der Waals surface area (Å²) in [6.45, 7) is 3.99. The molecule has 0 amide bonds. The van der Waals surface area contributed by atoms with E-state index in [1.165, 1.54) is 69.8 Å². The zero-order valence-electron chi connectivity index (χ0n) is 15.2. The quantitative estimate of drug-likeness (QED) is 0.405. The summed E-state index contributed by atoms with van der Waals surface area (Å²) >= 11 is 0. The Balaban J connectivity index is 0.000000130. The number of hydrogen-bond acceptors (Lipinski definition) is 0. The second-order valence-electron chi connectivity index (χ2n) is 7.13. The Labute approximate surface area is 149 Å². The van der Waals surface area contributed by atoms with Crippen LogP contribution in [-0.4, -0.2) is 0 Å². The summed E-state index contributed by atoms with van der Waals surface area (Å²) in [6.07, 6.45) is 35.3. The van der Waals surface area contributed by atoms with Crippen LogP contribution in [0.1, 0.15) is 64.2 Å². The van der Waals surface area contributed by atoms with Crippen molar-refractivity contribution in [1.29, 1.82) is 0 Å². The van der Waals surface area contributed by atoms with Gasteiger partial charge in [0.05, 0.1) is 0 Å². The third-order valence-corrected chi connectivity index (χ3v) is 4.97. The van der Waals surface area contributed by atoms with Crippen LogP contribution in [0.25, 0.3) is 0 Å². The molecule has 2 bridgehead atoms. The van der Waals surface area contributed by atoms with Gasteiger partial charge in [-0.05, 0) is 76.0 Å². The van der Waals surface area contributed by atoms with Gasteiger partial charge >= 0.3 is 0 Å². The molecule has 0 aromatic rings. The van der Waals surface area contributed by atoms with Crippen molar-refractivity contribution in [3.05, 3.63) is 72.9 Å². The average molecular weight is 323 g/mol. The van der Waals surface area contributed by atoms with E-state index >= 15 is 0 Å². The first-order valence-electron chi connectivity index (χ1n) is 9.85. The van der Waals surface area contributed by atoms with Crippen LogP contribution in [0, 0.1) is 11.8 Å². The molecule has 0 saturated heterocycles. The zero-order chi connectivity index (χ0) is 16.9. The molecule has 0 radical (unpaired) electrons. The van der Waals surface area contributed by atoms with Crippen molar-refractivity contribution < 1.29 is 0 Å². The molecule has 4 aliphatic rings. The molecule has 130 valence electrons. The number of hydrogen-bond donors (Lipinski definition) is 0. The summed E-state index contributed by atoms with van der Waals surface area (Å²) in [7, 11) is 0. The number of allylic oxidation sites excluding steroid dienone is 11. The first-order chi connectivity index (χ1) is 11.9. The monoisotopic (exact) mass is 322 g/mol. The minimum Gasteiger partial charge on any atom is -0.0992 e. The lowest BCUT2D eigenvalue weighted by Gasteiger charge is -2.02. The van der Waals surface area contributed by atoms with Crippen LogP contribution in [-0.2, 0) is 0 Å². The molecular formula is C24H34. The Bertz CT molecular complexity index is 442. The first kappa shape index (κ1) is 18.8. The summed E-state index contributed by atoms with van der Waals surface area (Å²) in [6, 6.07) is 0. The second-order valence-corrected chi connectivity index (χ2v) is 7.13. The lowest BCUT2D eigenvalue weighted by Crippen LogP contribution is -1.88. The van der Waals surface area contributed by atoms with Gasteiger partial charge in [0.15, 0.2) is 0 Å². The largest absolute Gasteiger partial charge is 0.0992 e. The predicted molar refractivity (Wildman–Crippen MR) is 108 cm³/mol. The molecule has 2 unspecified atom stereocenters. The smallest absolute Gasteiger partial charge is 0.00199 e. The fourth-order valence-electron chi connectivity index (χ4n) is 3.46. The maximum absolute atomic E-state index is 3.99. The molecule has 1 fully saturated rings. The van der Waals surface area contributed by atoms with Crippen LogP contribution in [0.3, 0.4) is 0 Å². The molecule has 0 spiro atoms. The molecule has 0 aromatic carbocycles. The molecule has 0 aliphatic heterocycles. The molecule has 0 aromatic heterocycles. The third-order valence-electron chi connectivity index (χ3n) is 4.97. The van der Waals surface area contributed by atoms with E-state index in [0.717, 1.165) is 11.8 Å². The molecule has 0 N–H and O–H groups in total. The van der Waals surface area contributed by atoms with Gasteiger partial charge in [0.1, 0.15) is 0 Å². The minimum atomic E-state index is 0.764. The summed E-state index contributed by atoms with van der Waals surface area (Å²) in [4.78, 5) is 0. The Morgan fingerprint density at radius 3 is 1.38 bits per heavy atom. The highest BCUT2D eigenvalue weighted by Gasteiger charge is 2.28. The van der Waals surface area contributed by atoms with E-state index in [4.69, 9.17) is 0 Å². The second kappa shape index (κ2) is 11.9. The zero-order valence-corrected chi connectivity index (χ0v) is 15.2. The molecular weight excluding hydrogens is 288 g/mol. The van der Waals surface area contributed by atoms with E-state index in [9.17, 15) is 0 Å². The number of rotatable bonds is 0. The summed E-state index contributed by atoms with van der Waals surface area (Å²) < 4.78 is 0. The molecule has 1 saturated carbocycles. The van der Waals surface area contributed by atoms with Crippen molar-refractivity contribution in [2.24, 2.45) is 11.8 Å². The van der Waals surface area contributed by atoms with Crippen LogP contribution >= 0.6 is 0 Å². The van der Waals surface area contributed by atoms with Gasteiger partial charge in [-0.15, -0.1) is 0 Å². The summed E-state index contributed by atoms with van der Waals surface area (Å²) in [5.74, 6) is 1.63. The van der Waals surface area contributed by atoms with E-state index < -0.39 is 0 Å². The molecule has 24 heavy (non-hydrogen) atoms. The van der Waals surface area contributed by atoms with E-state index in [-0.39, 0.29) is 0 Å². The lowest BCUT2D eigenvalue weighted by atomic mass is 10.0. The van der Waals surface area contributed by atoms with E-state index in [1.807, 2.05) is 0 Å². The van der Waals surface area contributed by atoms with Gasteiger partial charge in [0.25, 0.3) is 0 Å². The maximum Gasteiger partial charge on any atom is -0.00199 e. The molecule has 2 atom stereocenters. The standard InChI is InChI=1S/C8H10.2C8H12/c1-6-4-7-2-3-8(6)5-7;2*1-2-4-6-8-7-5-3-1/h2-3,7-8H,1,4-5H2;2*1-4H,5-8H2. The Hall–Kier alpha value is -1.56. The van der Waals surface area contributed by atoms with Gasteiger partial charge in [0.2, 0.25) is 0 Å². The van der Waals surface area contributed by atoms with E-state index in [1.54, 1.807) is 0 Å². The van der Waals surface area contributed by atoms with Gasteiger partial charge in [-0.25, -0.2) is 0 Å². The predicted octanol–water partition coefficient (Wildman–Crippen LogP) is 7.48. The summed E-state index contributed by atoms with van der Waals surface area (Å²) in [5, 5.41) is 0.